The van der Waals surface area contributed by atoms with Crippen molar-refractivity contribution in [3.63, 3.8) is 0 Å². The molecule has 3 fully saturated rings. The van der Waals surface area contributed by atoms with Gasteiger partial charge in [0.05, 0.1) is 19.8 Å². The normalized spacial score (nSPS) is 52.3. The topological polar surface area (TPSA) is 248 Å². The fraction of sp³-hybridized carbons (Fsp3) is 1.00. The van der Waals surface area contributed by atoms with E-state index in [0.717, 1.165) is 0 Å². The zero-order valence-corrected chi connectivity index (χ0v) is 16.7. The van der Waals surface area contributed by atoms with Gasteiger partial charge in [0, 0.05) is 0 Å². The van der Waals surface area contributed by atoms with Crippen LogP contribution < -0.4 is 0 Å². The van der Waals surface area contributed by atoms with Crippen LogP contribution in [0.3, 0.4) is 0 Å². The second kappa shape index (κ2) is 10.8. The summed E-state index contributed by atoms with van der Waals surface area (Å²) in [4.78, 5) is 0. The number of ether oxygens (including phenoxy) is 5. The Morgan fingerprint density at radius 3 is 1.69 bits per heavy atom. The van der Waals surface area contributed by atoms with E-state index in [1.165, 1.54) is 0 Å². The van der Waals surface area contributed by atoms with Gasteiger partial charge in [0.15, 0.2) is 18.9 Å². The summed E-state index contributed by atoms with van der Waals surface area (Å²) in [5.41, 5.74) is 0. The molecule has 0 radical (unpaired) electrons. The molecule has 0 aromatic rings. The molecule has 3 heterocycles. The smallest absolute Gasteiger partial charge is 0.187 e. The minimum absolute atomic E-state index is 0.547. The fourth-order valence-corrected chi connectivity index (χ4v) is 3.75. The Hall–Kier alpha value is -0.600. The second-order valence-electron chi connectivity index (χ2n) is 7.88. The van der Waals surface area contributed by atoms with Gasteiger partial charge in [-0.15, -0.1) is 0 Å². The molecule has 0 amide bonds. The van der Waals surface area contributed by atoms with E-state index in [1.54, 1.807) is 0 Å². The predicted molar refractivity (Wildman–Crippen MR) is 95.2 cm³/mol. The Balaban J connectivity index is 1.60. The van der Waals surface area contributed by atoms with E-state index in [-0.39, 0.29) is 0 Å². The molecule has 15 nitrogen and oxygen atoms in total. The highest BCUT2D eigenvalue weighted by atomic mass is 16.7. The van der Waals surface area contributed by atoms with E-state index in [1.807, 2.05) is 0 Å². The van der Waals surface area contributed by atoms with Crippen LogP contribution in [0, 0.1) is 0 Å². The lowest BCUT2D eigenvalue weighted by Gasteiger charge is -2.43. The molecule has 0 aromatic carbocycles. The van der Waals surface area contributed by atoms with Crippen LogP contribution in [0.15, 0.2) is 0 Å². The maximum absolute atomic E-state index is 10.5. The summed E-state index contributed by atoms with van der Waals surface area (Å²) in [6, 6.07) is 0. The van der Waals surface area contributed by atoms with Crippen molar-refractivity contribution in [3.8, 4) is 0 Å². The first-order chi connectivity index (χ1) is 15.1. The molecule has 3 rings (SSSR count). The third-order valence-electron chi connectivity index (χ3n) is 5.72. The summed E-state index contributed by atoms with van der Waals surface area (Å²) in [5.74, 6) is 0. The van der Waals surface area contributed by atoms with E-state index in [2.05, 4.69) is 0 Å². The van der Waals surface area contributed by atoms with Crippen LogP contribution in [0.5, 0.6) is 0 Å². The monoisotopic (exact) mass is 474 g/mol. The molecule has 0 bridgehead atoms. The van der Waals surface area contributed by atoms with Crippen LogP contribution in [0.4, 0.5) is 0 Å². The first-order valence-electron chi connectivity index (χ1n) is 10.00. The lowest BCUT2D eigenvalue weighted by atomic mass is 9.98. The van der Waals surface area contributed by atoms with E-state index >= 15 is 0 Å². The lowest BCUT2D eigenvalue weighted by molar-refractivity contribution is -0.342. The first kappa shape index (κ1) is 26.0. The Labute approximate surface area is 181 Å². The fourth-order valence-electron chi connectivity index (χ4n) is 3.75. The van der Waals surface area contributed by atoms with Gasteiger partial charge in [-0.2, -0.15) is 0 Å². The summed E-state index contributed by atoms with van der Waals surface area (Å²) >= 11 is 0. The summed E-state index contributed by atoms with van der Waals surface area (Å²) in [7, 11) is 0. The molecule has 0 aromatic heterocycles. The molecular weight excluding hydrogens is 444 g/mol. The molecular formula is C17H30O15. The van der Waals surface area contributed by atoms with Gasteiger partial charge < -0.3 is 74.7 Å². The van der Waals surface area contributed by atoms with Crippen LogP contribution in [-0.2, 0) is 23.7 Å². The number of rotatable bonds is 7. The second-order valence-corrected chi connectivity index (χ2v) is 7.88. The van der Waals surface area contributed by atoms with Crippen LogP contribution in [-0.4, -0.2) is 157 Å². The molecule has 10 N–H and O–H groups in total. The highest BCUT2D eigenvalue weighted by molar-refractivity contribution is 4.94. The molecule has 188 valence electrons. The highest BCUT2D eigenvalue weighted by Gasteiger charge is 2.51. The SMILES string of the molecule is OC[C@@H]1O[C@@H](O[C@@H]2[C@H](O)[C@@H](O)[C@H](OC[C@H]3OC(O)[C@H](O)[C@@H](O)[C@H]3O)O[C@@H]2CO)[C@H](O)[C@H]1O. The molecule has 3 aliphatic rings. The third-order valence-corrected chi connectivity index (χ3v) is 5.72. The Morgan fingerprint density at radius 1 is 0.531 bits per heavy atom. The van der Waals surface area contributed by atoms with Crippen LogP contribution >= 0.6 is 0 Å². The van der Waals surface area contributed by atoms with Gasteiger partial charge >= 0.3 is 0 Å². The Morgan fingerprint density at radius 2 is 1.09 bits per heavy atom. The van der Waals surface area contributed by atoms with Crippen molar-refractivity contribution in [1.29, 1.82) is 0 Å². The molecule has 1 unspecified atom stereocenters. The van der Waals surface area contributed by atoms with Crippen molar-refractivity contribution < 1.29 is 74.7 Å². The zero-order chi connectivity index (χ0) is 23.7. The number of hydrogen-bond acceptors (Lipinski definition) is 15. The third kappa shape index (κ3) is 5.07. The van der Waals surface area contributed by atoms with Gasteiger partial charge in [-0.3, -0.25) is 0 Å². The van der Waals surface area contributed by atoms with Gasteiger partial charge in [0.2, 0.25) is 0 Å². The Kier molecular flexibility index (Phi) is 8.75. The minimum atomic E-state index is -1.80. The summed E-state index contributed by atoms with van der Waals surface area (Å²) in [6.45, 7) is -1.89. The quantitative estimate of drug-likeness (QED) is 0.165. The minimum Gasteiger partial charge on any atom is -0.394 e. The van der Waals surface area contributed by atoms with E-state index < -0.39 is 106 Å². The molecule has 14 atom stereocenters. The van der Waals surface area contributed by atoms with Gasteiger partial charge in [0.1, 0.15) is 67.1 Å². The first-order valence-corrected chi connectivity index (χ1v) is 10.00. The number of hydrogen-bond donors (Lipinski definition) is 10. The molecule has 3 saturated heterocycles. The van der Waals surface area contributed by atoms with E-state index in [9.17, 15) is 46.0 Å². The van der Waals surface area contributed by atoms with Gasteiger partial charge in [0.25, 0.3) is 0 Å². The lowest BCUT2D eigenvalue weighted by Crippen LogP contribution is -2.62. The molecule has 15 heteroatoms. The average molecular weight is 474 g/mol. The van der Waals surface area contributed by atoms with Crippen molar-refractivity contribution >= 4 is 0 Å². The highest BCUT2D eigenvalue weighted by Crippen LogP contribution is 2.30. The van der Waals surface area contributed by atoms with Crippen LogP contribution in [0.1, 0.15) is 0 Å². The summed E-state index contributed by atoms with van der Waals surface area (Å²) < 4.78 is 26.2. The summed E-state index contributed by atoms with van der Waals surface area (Å²) in [5, 5.41) is 98.1. The average Bonchev–Trinajstić information content (AvgIpc) is 3.05. The molecule has 3 aliphatic heterocycles. The maximum atomic E-state index is 10.5. The molecule has 0 aliphatic carbocycles. The molecule has 0 spiro atoms. The Bertz CT molecular complexity index is 594. The number of aliphatic hydroxyl groups excluding tert-OH is 10. The molecule has 0 saturated carbocycles. The van der Waals surface area contributed by atoms with Crippen molar-refractivity contribution in [2.75, 3.05) is 19.8 Å². The number of aliphatic hydroxyl groups is 10. The van der Waals surface area contributed by atoms with Gasteiger partial charge in [-0.05, 0) is 0 Å². The zero-order valence-electron chi connectivity index (χ0n) is 16.7. The predicted octanol–water partition coefficient (Wildman–Crippen LogP) is -6.93. The van der Waals surface area contributed by atoms with Crippen molar-refractivity contribution in [2.45, 2.75) is 86.0 Å². The largest absolute Gasteiger partial charge is 0.394 e. The van der Waals surface area contributed by atoms with Gasteiger partial charge in [-0.1, -0.05) is 0 Å². The van der Waals surface area contributed by atoms with Crippen molar-refractivity contribution in [2.24, 2.45) is 0 Å². The van der Waals surface area contributed by atoms with Crippen molar-refractivity contribution in [1.82, 2.24) is 0 Å². The van der Waals surface area contributed by atoms with Crippen molar-refractivity contribution in [3.05, 3.63) is 0 Å². The molecule has 32 heavy (non-hydrogen) atoms. The van der Waals surface area contributed by atoms with E-state index in [0.29, 0.717) is 0 Å². The standard InChI is InChI=1S/C17H30O15/c18-1-4-7(20)12(25)17(30-4)32-14-5(2-19)31-16(13(26)10(14)23)28-3-6-8(21)9(22)11(24)15(27)29-6/h4-27H,1-3H2/t4-,5+,6+,7-,8-,9-,10+,11+,12+,13+,14-,15?,16+,17-/m0/s1. The summed E-state index contributed by atoms with van der Waals surface area (Å²) in [6.07, 6.45) is -21.7. The van der Waals surface area contributed by atoms with Crippen LogP contribution in [0.25, 0.3) is 0 Å². The maximum Gasteiger partial charge on any atom is 0.187 e. The van der Waals surface area contributed by atoms with Crippen LogP contribution in [0.2, 0.25) is 0 Å². The van der Waals surface area contributed by atoms with Gasteiger partial charge in [-0.25, -0.2) is 0 Å². The van der Waals surface area contributed by atoms with E-state index in [4.69, 9.17) is 28.8 Å².